The van der Waals surface area contributed by atoms with E-state index in [2.05, 4.69) is 10.6 Å². The Morgan fingerprint density at radius 2 is 1.89 bits per heavy atom. The second-order valence-corrected chi connectivity index (χ2v) is 5.73. The highest BCUT2D eigenvalue weighted by Crippen LogP contribution is 2.24. The van der Waals surface area contributed by atoms with Crippen LogP contribution in [0.15, 0.2) is 0 Å². The fourth-order valence-electron chi connectivity index (χ4n) is 3.02. The second-order valence-electron chi connectivity index (χ2n) is 5.73. The third-order valence-corrected chi connectivity index (χ3v) is 4.27. The largest absolute Gasteiger partial charge is 0.393 e. The van der Waals surface area contributed by atoms with E-state index >= 15 is 0 Å². The number of nitrogens with one attached hydrogen (secondary N) is 2. The Morgan fingerprint density at radius 3 is 2.53 bits per heavy atom. The lowest BCUT2D eigenvalue weighted by Gasteiger charge is -2.26. The number of aliphatic hydroxyl groups excluding tert-OH is 1. The normalized spacial score (nSPS) is 31.3. The lowest BCUT2D eigenvalue weighted by Crippen LogP contribution is -2.39. The van der Waals surface area contributed by atoms with Gasteiger partial charge in [-0.25, -0.2) is 0 Å². The summed E-state index contributed by atoms with van der Waals surface area (Å²) in [5.41, 5.74) is 0. The van der Waals surface area contributed by atoms with Crippen molar-refractivity contribution in [3.05, 3.63) is 0 Å². The third kappa shape index (κ3) is 5.67. The van der Waals surface area contributed by atoms with Gasteiger partial charge in [-0.1, -0.05) is 6.42 Å². The molecule has 0 aromatic heterocycles. The Balaban J connectivity index is 0.00000180. The van der Waals surface area contributed by atoms with Crippen LogP contribution in [0.3, 0.4) is 0 Å². The van der Waals surface area contributed by atoms with Gasteiger partial charge >= 0.3 is 0 Å². The first kappa shape index (κ1) is 16.7. The van der Waals surface area contributed by atoms with Crippen LogP contribution in [0.25, 0.3) is 0 Å². The Hall–Kier alpha value is -0.320. The molecule has 4 nitrogen and oxygen atoms in total. The van der Waals surface area contributed by atoms with Gasteiger partial charge in [0.25, 0.3) is 0 Å². The maximum atomic E-state index is 11.9. The van der Waals surface area contributed by atoms with Crippen molar-refractivity contribution in [3.8, 4) is 0 Å². The predicted molar refractivity (Wildman–Crippen MR) is 78.5 cm³/mol. The van der Waals surface area contributed by atoms with Gasteiger partial charge in [0.15, 0.2) is 0 Å². The van der Waals surface area contributed by atoms with Gasteiger partial charge in [-0.3, -0.25) is 4.79 Å². The van der Waals surface area contributed by atoms with Crippen molar-refractivity contribution in [2.45, 2.75) is 63.5 Å². The molecule has 0 radical (unpaired) electrons. The number of hydrogen-bond donors (Lipinski definition) is 3. The van der Waals surface area contributed by atoms with Crippen LogP contribution < -0.4 is 10.6 Å². The summed E-state index contributed by atoms with van der Waals surface area (Å²) in [6, 6.07) is 0.590. The van der Waals surface area contributed by atoms with Gasteiger partial charge < -0.3 is 15.7 Å². The van der Waals surface area contributed by atoms with Crippen LogP contribution in [-0.4, -0.2) is 36.2 Å². The lowest BCUT2D eigenvalue weighted by molar-refractivity contribution is -0.126. The van der Waals surface area contributed by atoms with Crippen molar-refractivity contribution in [1.29, 1.82) is 0 Å². The zero-order valence-electron chi connectivity index (χ0n) is 11.6. The highest BCUT2D eigenvalue weighted by molar-refractivity contribution is 5.85. The molecule has 2 fully saturated rings. The van der Waals surface area contributed by atoms with Crippen molar-refractivity contribution in [2.75, 3.05) is 13.1 Å². The monoisotopic (exact) mass is 290 g/mol. The number of halogens is 1. The van der Waals surface area contributed by atoms with Gasteiger partial charge in [-0.2, -0.15) is 0 Å². The van der Waals surface area contributed by atoms with Crippen LogP contribution in [0.5, 0.6) is 0 Å². The number of piperidine rings is 1. The van der Waals surface area contributed by atoms with Gasteiger partial charge in [0.2, 0.25) is 5.91 Å². The summed E-state index contributed by atoms with van der Waals surface area (Å²) in [5, 5.41) is 16.0. The maximum absolute atomic E-state index is 11.9. The van der Waals surface area contributed by atoms with E-state index in [1.165, 1.54) is 19.3 Å². The zero-order chi connectivity index (χ0) is 12.8. The van der Waals surface area contributed by atoms with Crippen LogP contribution in [0.4, 0.5) is 0 Å². The molecule has 112 valence electrons. The molecule has 1 saturated carbocycles. The topological polar surface area (TPSA) is 61.4 Å². The highest BCUT2D eigenvalue weighted by Gasteiger charge is 2.25. The van der Waals surface area contributed by atoms with E-state index in [0.717, 1.165) is 45.2 Å². The van der Waals surface area contributed by atoms with Crippen LogP contribution in [0.1, 0.15) is 51.4 Å². The zero-order valence-corrected chi connectivity index (χ0v) is 12.4. The SMILES string of the molecule is Cl.O=C(NCCC1CCCCN1)C1CCC(O)CC1. The molecule has 19 heavy (non-hydrogen) atoms. The quantitative estimate of drug-likeness (QED) is 0.737. The van der Waals surface area contributed by atoms with Crippen LogP contribution in [-0.2, 0) is 4.79 Å². The molecule has 2 aliphatic rings. The molecule has 3 N–H and O–H groups in total. The summed E-state index contributed by atoms with van der Waals surface area (Å²) in [6.45, 7) is 1.91. The molecule has 1 atom stereocenters. The maximum Gasteiger partial charge on any atom is 0.223 e. The predicted octanol–water partition coefficient (Wildman–Crippen LogP) is 1.61. The molecule has 0 spiro atoms. The molecular formula is C14H27ClN2O2. The van der Waals surface area contributed by atoms with Crippen molar-refractivity contribution < 1.29 is 9.90 Å². The van der Waals surface area contributed by atoms with Crippen LogP contribution in [0, 0.1) is 5.92 Å². The van der Waals surface area contributed by atoms with Gasteiger partial charge in [-0.05, 0) is 51.5 Å². The minimum Gasteiger partial charge on any atom is -0.393 e. The molecule has 1 heterocycles. The lowest BCUT2D eigenvalue weighted by atomic mass is 9.87. The average molecular weight is 291 g/mol. The van der Waals surface area contributed by atoms with Gasteiger partial charge in [0, 0.05) is 18.5 Å². The van der Waals surface area contributed by atoms with Crippen LogP contribution in [0.2, 0.25) is 0 Å². The summed E-state index contributed by atoms with van der Waals surface area (Å²) in [7, 11) is 0. The van der Waals surface area contributed by atoms with Gasteiger partial charge in [0.1, 0.15) is 0 Å². The van der Waals surface area contributed by atoms with E-state index in [1.54, 1.807) is 0 Å². The van der Waals surface area contributed by atoms with E-state index in [-0.39, 0.29) is 30.3 Å². The number of hydrogen-bond acceptors (Lipinski definition) is 3. The minimum absolute atomic E-state index is 0. The van der Waals surface area contributed by atoms with E-state index in [0.29, 0.717) is 6.04 Å². The first-order valence-electron chi connectivity index (χ1n) is 7.45. The summed E-state index contributed by atoms with van der Waals surface area (Å²) >= 11 is 0. The fraction of sp³-hybridized carbons (Fsp3) is 0.929. The standard InChI is InChI=1S/C14H26N2O2.ClH/c17-13-6-4-11(5-7-13)14(18)16-10-8-12-3-1-2-9-15-12;/h11-13,15,17H,1-10H2,(H,16,18);1H. The molecule has 0 bridgehead atoms. The molecule has 0 aromatic rings. The number of amides is 1. The number of carbonyl (C=O) groups excluding carboxylic acids is 1. The smallest absolute Gasteiger partial charge is 0.223 e. The number of rotatable bonds is 4. The van der Waals surface area contributed by atoms with Crippen molar-refractivity contribution in [1.82, 2.24) is 10.6 Å². The van der Waals surface area contributed by atoms with Crippen molar-refractivity contribution in [2.24, 2.45) is 5.92 Å². The molecule has 1 saturated heterocycles. The molecule has 2 rings (SSSR count). The Kier molecular flexibility index (Phi) is 7.73. The van der Waals surface area contributed by atoms with E-state index in [9.17, 15) is 9.90 Å². The second kappa shape index (κ2) is 8.77. The molecule has 5 heteroatoms. The minimum atomic E-state index is -0.180. The Bertz CT molecular complexity index is 262. The van der Waals surface area contributed by atoms with Crippen molar-refractivity contribution in [3.63, 3.8) is 0 Å². The highest BCUT2D eigenvalue weighted by atomic mass is 35.5. The summed E-state index contributed by atoms with van der Waals surface area (Å²) in [4.78, 5) is 11.9. The van der Waals surface area contributed by atoms with E-state index in [4.69, 9.17) is 0 Å². The van der Waals surface area contributed by atoms with E-state index in [1.807, 2.05) is 0 Å². The molecule has 1 aliphatic carbocycles. The summed E-state index contributed by atoms with van der Waals surface area (Å²) < 4.78 is 0. The van der Waals surface area contributed by atoms with Gasteiger partial charge in [0.05, 0.1) is 6.10 Å². The fourth-order valence-corrected chi connectivity index (χ4v) is 3.02. The molecule has 1 unspecified atom stereocenters. The molecule has 1 amide bonds. The van der Waals surface area contributed by atoms with Crippen LogP contribution >= 0.6 is 12.4 Å². The van der Waals surface area contributed by atoms with Gasteiger partial charge in [-0.15, -0.1) is 12.4 Å². The van der Waals surface area contributed by atoms with Crippen molar-refractivity contribution >= 4 is 18.3 Å². The Labute approximate surface area is 122 Å². The summed E-state index contributed by atoms with van der Waals surface area (Å²) in [6.07, 6.45) is 7.94. The molecule has 0 aromatic carbocycles. The number of carbonyl (C=O) groups is 1. The average Bonchev–Trinajstić information content (AvgIpc) is 2.40. The molecular weight excluding hydrogens is 264 g/mol. The third-order valence-electron chi connectivity index (χ3n) is 4.27. The number of aliphatic hydroxyl groups is 1. The Morgan fingerprint density at radius 1 is 1.16 bits per heavy atom. The first-order valence-corrected chi connectivity index (χ1v) is 7.45. The summed E-state index contributed by atoms with van der Waals surface area (Å²) in [5.74, 6) is 0.324. The van der Waals surface area contributed by atoms with E-state index < -0.39 is 0 Å². The first-order chi connectivity index (χ1) is 8.75. The molecule has 1 aliphatic heterocycles.